The second-order valence-electron chi connectivity index (χ2n) is 5.67. The van der Waals surface area contributed by atoms with E-state index in [2.05, 4.69) is 10.3 Å². The molecule has 1 aromatic carbocycles. The molecule has 0 unspecified atom stereocenters. The molecule has 2 aromatic rings. The number of nitrogens with zero attached hydrogens (tertiary/aromatic N) is 2. The van der Waals surface area contributed by atoms with E-state index in [1.807, 2.05) is 36.4 Å². The lowest BCUT2D eigenvalue weighted by atomic mass is 10.2. The third kappa shape index (κ3) is 6.25. The first-order valence-corrected chi connectivity index (χ1v) is 8.12. The van der Waals surface area contributed by atoms with E-state index in [4.69, 9.17) is 4.74 Å². The summed E-state index contributed by atoms with van der Waals surface area (Å²) >= 11 is 0. The first kappa shape index (κ1) is 18.4. The van der Waals surface area contributed by atoms with Gasteiger partial charge in [-0.2, -0.15) is 0 Å². The Bertz CT molecular complexity index is 687. The van der Waals surface area contributed by atoms with Crippen LogP contribution in [0.4, 0.5) is 0 Å². The molecule has 6 nitrogen and oxygen atoms in total. The van der Waals surface area contributed by atoms with Gasteiger partial charge in [0.05, 0.1) is 7.11 Å². The van der Waals surface area contributed by atoms with E-state index in [0.29, 0.717) is 19.6 Å². The van der Waals surface area contributed by atoms with Gasteiger partial charge in [0.25, 0.3) is 0 Å². The van der Waals surface area contributed by atoms with Crippen molar-refractivity contribution in [1.82, 2.24) is 15.2 Å². The molecule has 1 heterocycles. The Morgan fingerprint density at radius 3 is 2.36 bits per heavy atom. The molecule has 1 aromatic heterocycles. The number of carbonyl (C=O) groups excluding carboxylic acids is 2. The van der Waals surface area contributed by atoms with Crippen molar-refractivity contribution in [1.29, 1.82) is 0 Å². The van der Waals surface area contributed by atoms with Crippen LogP contribution in [-0.2, 0) is 22.7 Å². The van der Waals surface area contributed by atoms with Crippen LogP contribution in [0.3, 0.4) is 0 Å². The molecule has 25 heavy (non-hydrogen) atoms. The van der Waals surface area contributed by atoms with Crippen LogP contribution in [0.5, 0.6) is 5.75 Å². The molecule has 0 radical (unpaired) electrons. The number of pyridine rings is 1. The van der Waals surface area contributed by atoms with E-state index in [9.17, 15) is 9.59 Å². The SMILES string of the molecule is COc1ccc(CN(CCC(=O)NCc2ccncc2)C(C)=O)cc1. The van der Waals surface area contributed by atoms with Crippen LogP contribution >= 0.6 is 0 Å². The van der Waals surface area contributed by atoms with Gasteiger partial charge in [0.1, 0.15) is 5.75 Å². The molecule has 0 bridgehead atoms. The first-order chi connectivity index (χ1) is 12.1. The molecule has 132 valence electrons. The summed E-state index contributed by atoms with van der Waals surface area (Å²) in [5.41, 5.74) is 1.98. The molecular formula is C19H23N3O3. The first-order valence-electron chi connectivity index (χ1n) is 8.12. The van der Waals surface area contributed by atoms with Gasteiger partial charge in [-0.05, 0) is 35.4 Å². The van der Waals surface area contributed by atoms with Crippen LogP contribution in [-0.4, -0.2) is 35.4 Å². The van der Waals surface area contributed by atoms with Crippen LogP contribution in [0.15, 0.2) is 48.8 Å². The number of hydrogen-bond donors (Lipinski definition) is 1. The largest absolute Gasteiger partial charge is 0.497 e. The van der Waals surface area contributed by atoms with Gasteiger partial charge in [-0.1, -0.05) is 12.1 Å². The minimum atomic E-state index is -0.0854. The highest BCUT2D eigenvalue weighted by Gasteiger charge is 2.12. The van der Waals surface area contributed by atoms with Crippen LogP contribution in [0.2, 0.25) is 0 Å². The number of benzene rings is 1. The van der Waals surface area contributed by atoms with Crippen LogP contribution in [0, 0.1) is 0 Å². The molecule has 2 rings (SSSR count). The maximum absolute atomic E-state index is 12.0. The lowest BCUT2D eigenvalue weighted by Crippen LogP contribution is -2.33. The maximum atomic E-state index is 12.0. The van der Waals surface area contributed by atoms with E-state index in [0.717, 1.165) is 16.9 Å². The highest BCUT2D eigenvalue weighted by molar-refractivity contribution is 5.78. The fourth-order valence-electron chi connectivity index (χ4n) is 2.33. The summed E-state index contributed by atoms with van der Waals surface area (Å²) in [7, 11) is 1.61. The van der Waals surface area contributed by atoms with Crippen LogP contribution in [0.1, 0.15) is 24.5 Å². The normalized spacial score (nSPS) is 10.2. The van der Waals surface area contributed by atoms with Gasteiger partial charge in [-0.15, -0.1) is 0 Å². The van der Waals surface area contributed by atoms with E-state index in [1.165, 1.54) is 6.92 Å². The van der Waals surface area contributed by atoms with Crippen LogP contribution in [0.25, 0.3) is 0 Å². The third-order valence-electron chi connectivity index (χ3n) is 3.83. The Labute approximate surface area is 147 Å². The molecule has 0 saturated heterocycles. The summed E-state index contributed by atoms with van der Waals surface area (Å²) in [4.78, 5) is 29.4. The average Bonchev–Trinajstić information content (AvgIpc) is 2.64. The predicted octanol–water partition coefficient (Wildman–Crippen LogP) is 2.15. The Kier molecular flexibility index (Phi) is 6.95. The standard InChI is InChI=1S/C19H23N3O3/c1-15(23)22(14-17-3-5-18(25-2)6-4-17)12-9-19(24)21-13-16-7-10-20-11-8-16/h3-8,10-11H,9,12-14H2,1-2H3,(H,21,24). The van der Waals surface area contributed by atoms with Crippen molar-refractivity contribution in [2.45, 2.75) is 26.4 Å². The average molecular weight is 341 g/mol. The van der Waals surface area contributed by atoms with Crippen molar-refractivity contribution >= 4 is 11.8 Å². The number of nitrogens with one attached hydrogen (secondary N) is 1. The molecular weight excluding hydrogens is 318 g/mol. The highest BCUT2D eigenvalue weighted by Crippen LogP contribution is 2.13. The number of rotatable bonds is 8. The maximum Gasteiger partial charge on any atom is 0.222 e. The Morgan fingerprint density at radius 1 is 1.08 bits per heavy atom. The van der Waals surface area contributed by atoms with Gasteiger partial charge >= 0.3 is 0 Å². The summed E-state index contributed by atoms with van der Waals surface area (Å²) in [5.74, 6) is 0.629. The molecule has 6 heteroatoms. The molecule has 2 amide bonds. The van der Waals surface area contributed by atoms with Crippen molar-refractivity contribution in [3.63, 3.8) is 0 Å². The fourth-order valence-corrected chi connectivity index (χ4v) is 2.33. The minimum absolute atomic E-state index is 0.0576. The smallest absolute Gasteiger partial charge is 0.222 e. The van der Waals surface area contributed by atoms with Gasteiger partial charge in [0.2, 0.25) is 11.8 Å². The molecule has 0 aliphatic carbocycles. The van der Waals surface area contributed by atoms with Gasteiger partial charge in [0, 0.05) is 45.4 Å². The summed E-state index contributed by atoms with van der Waals surface area (Å²) in [6.07, 6.45) is 3.64. The van der Waals surface area contributed by atoms with Crippen molar-refractivity contribution in [3.8, 4) is 5.75 Å². The molecule has 0 fully saturated rings. The van der Waals surface area contributed by atoms with E-state index >= 15 is 0 Å². The molecule has 0 aliphatic rings. The lowest BCUT2D eigenvalue weighted by Gasteiger charge is -2.21. The fraction of sp³-hybridized carbons (Fsp3) is 0.316. The number of carbonyl (C=O) groups is 2. The molecule has 0 aliphatic heterocycles. The van der Waals surface area contributed by atoms with Gasteiger partial charge in [-0.25, -0.2) is 0 Å². The number of methoxy groups -OCH3 is 1. The van der Waals surface area contributed by atoms with Gasteiger partial charge in [-0.3, -0.25) is 14.6 Å². The second-order valence-corrected chi connectivity index (χ2v) is 5.67. The summed E-state index contributed by atoms with van der Waals surface area (Å²) in [5, 5.41) is 2.85. The summed E-state index contributed by atoms with van der Waals surface area (Å²) < 4.78 is 5.13. The van der Waals surface area contributed by atoms with E-state index in [-0.39, 0.29) is 18.2 Å². The van der Waals surface area contributed by atoms with Gasteiger partial charge in [0.15, 0.2) is 0 Å². The summed E-state index contributed by atoms with van der Waals surface area (Å²) in [6.45, 7) is 2.82. The molecule has 1 N–H and O–H groups in total. The molecule has 0 atom stereocenters. The second kappa shape index (κ2) is 9.42. The zero-order valence-corrected chi connectivity index (χ0v) is 14.6. The predicted molar refractivity (Wildman–Crippen MR) is 94.8 cm³/mol. The van der Waals surface area contributed by atoms with Crippen LogP contribution < -0.4 is 10.1 Å². The number of aromatic nitrogens is 1. The monoisotopic (exact) mass is 341 g/mol. The zero-order chi connectivity index (χ0) is 18.1. The lowest BCUT2D eigenvalue weighted by molar-refractivity contribution is -0.130. The van der Waals surface area contributed by atoms with Crippen molar-refractivity contribution in [2.75, 3.05) is 13.7 Å². The summed E-state index contributed by atoms with van der Waals surface area (Å²) in [6, 6.07) is 11.2. The van der Waals surface area contributed by atoms with E-state index < -0.39 is 0 Å². The Balaban J connectivity index is 1.82. The highest BCUT2D eigenvalue weighted by atomic mass is 16.5. The van der Waals surface area contributed by atoms with Gasteiger partial charge < -0.3 is 15.0 Å². The third-order valence-corrected chi connectivity index (χ3v) is 3.83. The van der Waals surface area contributed by atoms with Crippen molar-refractivity contribution in [2.24, 2.45) is 0 Å². The van der Waals surface area contributed by atoms with Crippen molar-refractivity contribution < 1.29 is 14.3 Å². The topological polar surface area (TPSA) is 71.5 Å². The number of hydrogen-bond acceptors (Lipinski definition) is 4. The van der Waals surface area contributed by atoms with Crippen molar-refractivity contribution in [3.05, 3.63) is 59.9 Å². The number of amides is 2. The van der Waals surface area contributed by atoms with E-state index in [1.54, 1.807) is 24.4 Å². The minimum Gasteiger partial charge on any atom is -0.497 e. The molecule has 0 spiro atoms. The zero-order valence-electron chi connectivity index (χ0n) is 14.6. The quantitative estimate of drug-likeness (QED) is 0.798. The number of ether oxygens (including phenoxy) is 1. The Morgan fingerprint density at radius 2 is 1.76 bits per heavy atom. The Hall–Kier alpha value is -2.89. The molecule has 0 saturated carbocycles.